The van der Waals surface area contributed by atoms with E-state index in [4.69, 9.17) is 0 Å². The molecule has 0 saturated carbocycles. The first-order valence-corrected chi connectivity index (χ1v) is 9.74. The fourth-order valence-electron chi connectivity index (χ4n) is 3.66. The minimum absolute atomic E-state index is 0.324. The molecule has 4 rings (SSSR count). The van der Waals surface area contributed by atoms with Gasteiger partial charge in [0.25, 0.3) is 5.91 Å². The van der Waals surface area contributed by atoms with Crippen molar-refractivity contribution in [2.45, 2.75) is 19.1 Å². The van der Waals surface area contributed by atoms with Crippen LogP contribution in [0.25, 0.3) is 22.2 Å². The highest BCUT2D eigenvalue weighted by molar-refractivity contribution is 6.01. The van der Waals surface area contributed by atoms with Crippen molar-refractivity contribution in [1.82, 2.24) is 14.9 Å². The molecule has 31 heavy (non-hydrogen) atoms. The lowest BCUT2D eigenvalue weighted by molar-refractivity contribution is -0.137. The number of amides is 1. The maximum atomic E-state index is 13.0. The van der Waals surface area contributed by atoms with Crippen molar-refractivity contribution >= 4 is 16.9 Å². The molecule has 0 bridgehead atoms. The number of aromatic nitrogens is 2. The molecule has 0 aliphatic rings. The number of halogens is 3. The predicted molar refractivity (Wildman–Crippen MR) is 113 cm³/mol. The van der Waals surface area contributed by atoms with Gasteiger partial charge in [0.15, 0.2) is 0 Å². The number of benzene rings is 3. The lowest BCUT2D eigenvalue weighted by Gasteiger charge is -2.16. The Morgan fingerprint density at radius 1 is 0.968 bits per heavy atom. The van der Waals surface area contributed by atoms with Crippen LogP contribution in [0.3, 0.4) is 0 Å². The molecule has 1 unspecified atom stereocenters. The lowest BCUT2D eigenvalue weighted by Crippen LogP contribution is -2.28. The first-order valence-electron chi connectivity index (χ1n) is 9.74. The van der Waals surface area contributed by atoms with E-state index in [1.807, 2.05) is 42.8 Å². The van der Waals surface area contributed by atoms with E-state index >= 15 is 0 Å². The molecule has 0 fully saturated rings. The van der Waals surface area contributed by atoms with Gasteiger partial charge in [-0.1, -0.05) is 42.5 Å². The second kappa shape index (κ2) is 7.91. The number of carbonyl (C=O) groups excluding carboxylic acids is 1. The molecule has 4 nitrogen and oxygen atoms in total. The molecule has 0 aliphatic heterocycles. The van der Waals surface area contributed by atoms with Crippen LogP contribution in [0.2, 0.25) is 0 Å². The number of nitrogens with zero attached hydrogens (tertiary/aromatic N) is 2. The summed E-state index contributed by atoms with van der Waals surface area (Å²) in [6.07, 6.45) is -4.41. The van der Waals surface area contributed by atoms with Gasteiger partial charge in [0.2, 0.25) is 0 Å². The molecule has 0 aliphatic carbocycles. The molecule has 4 aromatic rings. The van der Waals surface area contributed by atoms with Crippen molar-refractivity contribution in [3.05, 3.63) is 89.7 Å². The molecule has 1 amide bonds. The average molecular weight is 423 g/mol. The van der Waals surface area contributed by atoms with Crippen LogP contribution in [0.15, 0.2) is 72.8 Å². The van der Waals surface area contributed by atoms with E-state index in [1.54, 1.807) is 24.3 Å². The largest absolute Gasteiger partial charge is 0.416 e. The Hall–Kier alpha value is -3.61. The Bertz CT molecular complexity index is 1240. The summed E-state index contributed by atoms with van der Waals surface area (Å²) >= 11 is 0. The second-order valence-electron chi connectivity index (χ2n) is 7.33. The van der Waals surface area contributed by atoms with Gasteiger partial charge in [0.05, 0.1) is 22.6 Å². The highest BCUT2D eigenvalue weighted by Crippen LogP contribution is 2.32. The summed E-state index contributed by atoms with van der Waals surface area (Å²) in [5, 5.41) is 2.96. The van der Waals surface area contributed by atoms with E-state index in [0.717, 1.165) is 23.2 Å². The minimum atomic E-state index is -4.41. The molecule has 0 saturated heterocycles. The quantitative estimate of drug-likeness (QED) is 0.454. The second-order valence-corrected chi connectivity index (χ2v) is 7.33. The first-order chi connectivity index (χ1) is 14.8. The molecule has 0 radical (unpaired) electrons. The standard InChI is InChI=1S/C24H20F3N3O/c1-15(22-29-20-9-5-6-10-21(20)30(22)2)28-23(31)19-8-4-3-7-18(19)16-11-13-17(14-12-16)24(25,26)27/h3-15H,1-2H3,(H,28,31). The van der Waals surface area contributed by atoms with E-state index in [9.17, 15) is 18.0 Å². The Labute approximate surface area is 177 Å². The number of imidazole rings is 1. The van der Waals surface area contributed by atoms with Crippen LogP contribution in [-0.2, 0) is 13.2 Å². The topological polar surface area (TPSA) is 46.9 Å². The summed E-state index contributed by atoms with van der Waals surface area (Å²) in [7, 11) is 1.89. The number of fused-ring (bicyclic) bond motifs is 1. The van der Waals surface area contributed by atoms with Crippen LogP contribution in [0.4, 0.5) is 13.2 Å². The highest BCUT2D eigenvalue weighted by Gasteiger charge is 2.30. The number of carbonyl (C=O) groups is 1. The molecular formula is C24H20F3N3O. The molecule has 3 aromatic carbocycles. The Morgan fingerprint density at radius 2 is 1.61 bits per heavy atom. The van der Waals surface area contributed by atoms with E-state index in [1.165, 1.54) is 12.1 Å². The fraction of sp³-hybridized carbons (Fsp3) is 0.167. The van der Waals surface area contributed by atoms with Gasteiger partial charge in [-0.05, 0) is 48.4 Å². The summed E-state index contributed by atoms with van der Waals surface area (Å²) in [6, 6.07) is 19.0. The molecule has 0 spiro atoms. The summed E-state index contributed by atoms with van der Waals surface area (Å²) in [5.41, 5.74) is 2.55. The van der Waals surface area contributed by atoms with Gasteiger partial charge in [-0.25, -0.2) is 4.98 Å². The summed E-state index contributed by atoms with van der Waals surface area (Å²) in [5.74, 6) is 0.386. The van der Waals surface area contributed by atoms with Gasteiger partial charge >= 0.3 is 6.18 Å². The molecule has 1 N–H and O–H groups in total. The van der Waals surface area contributed by atoms with Crippen LogP contribution >= 0.6 is 0 Å². The van der Waals surface area contributed by atoms with Gasteiger partial charge in [0, 0.05) is 12.6 Å². The zero-order chi connectivity index (χ0) is 22.2. The van der Waals surface area contributed by atoms with Gasteiger partial charge in [-0.3, -0.25) is 4.79 Å². The average Bonchev–Trinajstić information content (AvgIpc) is 3.10. The van der Waals surface area contributed by atoms with E-state index in [2.05, 4.69) is 10.3 Å². The molecule has 1 atom stereocenters. The van der Waals surface area contributed by atoms with Crippen LogP contribution < -0.4 is 5.32 Å². The van der Waals surface area contributed by atoms with E-state index in [0.29, 0.717) is 22.5 Å². The Balaban J connectivity index is 1.61. The molecule has 1 aromatic heterocycles. The van der Waals surface area contributed by atoms with Crippen LogP contribution in [-0.4, -0.2) is 15.5 Å². The number of hydrogen-bond donors (Lipinski definition) is 1. The van der Waals surface area contributed by atoms with Gasteiger partial charge in [-0.15, -0.1) is 0 Å². The predicted octanol–water partition coefficient (Wildman–Crippen LogP) is 5.75. The third-order valence-electron chi connectivity index (χ3n) is 5.25. The molecule has 158 valence electrons. The highest BCUT2D eigenvalue weighted by atomic mass is 19.4. The first kappa shape index (κ1) is 20.7. The van der Waals surface area contributed by atoms with Crippen molar-refractivity contribution in [1.29, 1.82) is 0 Å². The molecule has 7 heteroatoms. The molecular weight excluding hydrogens is 403 g/mol. The number of aryl methyl sites for hydroxylation is 1. The zero-order valence-electron chi connectivity index (χ0n) is 16.9. The minimum Gasteiger partial charge on any atom is -0.342 e. The SMILES string of the molecule is CC(NC(=O)c1ccccc1-c1ccc(C(F)(F)F)cc1)c1nc2ccccc2n1C. The fourth-order valence-corrected chi connectivity index (χ4v) is 3.66. The van der Waals surface area contributed by atoms with Crippen LogP contribution in [0.1, 0.15) is 34.7 Å². The van der Waals surface area contributed by atoms with Crippen molar-refractivity contribution in [2.24, 2.45) is 7.05 Å². The maximum Gasteiger partial charge on any atom is 0.416 e. The van der Waals surface area contributed by atoms with Crippen LogP contribution in [0, 0.1) is 0 Å². The lowest BCUT2D eigenvalue weighted by atomic mass is 9.98. The third kappa shape index (κ3) is 4.03. The van der Waals surface area contributed by atoms with Crippen molar-refractivity contribution in [2.75, 3.05) is 0 Å². The zero-order valence-corrected chi connectivity index (χ0v) is 16.9. The van der Waals surface area contributed by atoms with Crippen molar-refractivity contribution in [3.63, 3.8) is 0 Å². The van der Waals surface area contributed by atoms with Gasteiger partial charge in [-0.2, -0.15) is 13.2 Å². The normalized spacial score (nSPS) is 12.7. The number of hydrogen-bond acceptors (Lipinski definition) is 2. The van der Waals surface area contributed by atoms with Crippen molar-refractivity contribution in [3.8, 4) is 11.1 Å². The Kier molecular flexibility index (Phi) is 5.27. The monoisotopic (exact) mass is 423 g/mol. The van der Waals surface area contributed by atoms with E-state index < -0.39 is 11.7 Å². The summed E-state index contributed by atoms with van der Waals surface area (Å²) < 4.78 is 40.5. The van der Waals surface area contributed by atoms with Gasteiger partial charge < -0.3 is 9.88 Å². The van der Waals surface area contributed by atoms with E-state index in [-0.39, 0.29) is 11.9 Å². The van der Waals surface area contributed by atoms with Gasteiger partial charge in [0.1, 0.15) is 5.82 Å². The molecule has 1 heterocycles. The van der Waals surface area contributed by atoms with Crippen molar-refractivity contribution < 1.29 is 18.0 Å². The summed E-state index contributed by atoms with van der Waals surface area (Å²) in [4.78, 5) is 17.7. The summed E-state index contributed by atoms with van der Waals surface area (Å²) in [6.45, 7) is 1.85. The number of para-hydroxylation sites is 2. The smallest absolute Gasteiger partial charge is 0.342 e. The number of alkyl halides is 3. The number of nitrogens with one attached hydrogen (secondary N) is 1. The van der Waals surface area contributed by atoms with Crippen LogP contribution in [0.5, 0.6) is 0 Å². The number of rotatable bonds is 4. The third-order valence-corrected chi connectivity index (χ3v) is 5.25. The maximum absolute atomic E-state index is 13.0. The Morgan fingerprint density at radius 3 is 2.29 bits per heavy atom.